The SMILES string of the molecule is O=C(Nc1ccc(Oc2ccccc2)cc1)c1ccc(-c2cc(Cl)ccc2Cl)o1. The topological polar surface area (TPSA) is 51.5 Å². The van der Waals surface area contributed by atoms with Gasteiger partial charge in [0.25, 0.3) is 5.91 Å². The Kier molecular flexibility index (Phi) is 5.56. The van der Waals surface area contributed by atoms with Crippen molar-refractivity contribution in [3.63, 3.8) is 0 Å². The van der Waals surface area contributed by atoms with Gasteiger partial charge in [0.2, 0.25) is 0 Å². The number of halogens is 2. The number of furan rings is 1. The lowest BCUT2D eigenvalue weighted by molar-refractivity contribution is 0.0997. The number of benzene rings is 3. The Hall–Kier alpha value is -3.21. The molecular weight excluding hydrogens is 409 g/mol. The monoisotopic (exact) mass is 423 g/mol. The molecule has 3 aromatic carbocycles. The summed E-state index contributed by atoms with van der Waals surface area (Å²) >= 11 is 12.2. The Morgan fingerprint density at radius 2 is 1.55 bits per heavy atom. The first-order chi connectivity index (χ1) is 14.1. The standard InChI is InChI=1S/C23H15Cl2NO3/c24-15-6-11-20(25)19(14-15)21-12-13-22(29-21)23(27)26-16-7-9-18(10-8-16)28-17-4-2-1-3-5-17/h1-14H,(H,26,27). The number of hydrogen-bond donors (Lipinski definition) is 1. The van der Waals surface area contributed by atoms with E-state index < -0.39 is 0 Å². The molecule has 4 nitrogen and oxygen atoms in total. The van der Waals surface area contributed by atoms with Crippen molar-refractivity contribution in [1.29, 1.82) is 0 Å². The van der Waals surface area contributed by atoms with Gasteiger partial charge in [0.1, 0.15) is 17.3 Å². The summed E-state index contributed by atoms with van der Waals surface area (Å²) in [6.45, 7) is 0. The smallest absolute Gasteiger partial charge is 0.291 e. The lowest BCUT2D eigenvalue weighted by Crippen LogP contribution is -2.10. The number of para-hydroxylation sites is 1. The van der Waals surface area contributed by atoms with Crippen LogP contribution in [0.25, 0.3) is 11.3 Å². The maximum Gasteiger partial charge on any atom is 0.291 e. The molecule has 4 aromatic rings. The van der Waals surface area contributed by atoms with Crippen LogP contribution in [0, 0.1) is 0 Å². The van der Waals surface area contributed by atoms with Crippen LogP contribution in [0.15, 0.2) is 89.3 Å². The Morgan fingerprint density at radius 1 is 0.828 bits per heavy atom. The average Bonchev–Trinajstić information content (AvgIpc) is 3.22. The highest BCUT2D eigenvalue weighted by Crippen LogP contribution is 2.32. The van der Waals surface area contributed by atoms with Gasteiger partial charge in [-0.25, -0.2) is 0 Å². The van der Waals surface area contributed by atoms with Crippen LogP contribution in [0.1, 0.15) is 10.6 Å². The summed E-state index contributed by atoms with van der Waals surface area (Å²) < 4.78 is 11.4. The maximum absolute atomic E-state index is 12.5. The van der Waals surface area contributed by atoms with Gasteiger partial charge in [-0.15, -0.1) is 0 Å². The van der Waals surface area contributed by atoms with Crippen LogP contribution in [-0.4, -0.2) is 5.91 Å². The molecule has 0 atom stereocenters. The fourth-order valence-electron chi connectivity index (χ4n) is 2.71. The van der Waals surface area contributed by atoms with Crippen LogP contribution >= 0.6 is 23.2 Å². The van der Waals surface area contributed by atoms with Crippen LogP contribution in [0.2, 0.25) is 10.0 Å². The van der Waals surface area contributed by atoms with E-state index in [1.54, 1.807) is 54.6 Å². The third kappa shape index (κ3) is 4.62. The summed E-state index contributed by atoms with van der Waals surface area (Å²) in [5.41, 5.74) is 1.25. The van der Waals surface area contributed by atoms with Gasteiger partial charge in [-0.3, -0.25) is 4.79 Å². The van der Waals surface area contributed by atoms with Gasteiger partial charge >= 0.3 is 0 Å². The van der Waals surface area contributed by atoms with Crippen LogP contribution in [0.3, 0.4) is 0 Å². The van der Waals surface area contributed by atoms with Gasteiger partial charge in [0.15, 0.2) is 5.76 Å². The molecule has 1 heterocycles. The molecular formula is C23H15Cl2NO3. The molecule has 0 fully saturated rings. The van der Waals surface area contributed by atoms with Crippen molar-refractivity contribution in [1.82, 2.24) is 0 Å². The Bertz CT molecular complexity index is 1140. The van der Waals surface area contributed by atoms with Crippen LogP contribution < -0.4 is 10.1 Å². The molecule has 0 saturated heterocycles. The molecule has 0 aliphatic rings. The molecule has 0 aliphatic heterocycles. The first-order valence-electron chi connectivity index (χ1n) is 8.78. The van der Waals surface area contributed by atoms with E-state index in [-0.39, 0.29) is 11.7 Å². The van der Waals surface area contributed by atoms with E-state index in [0.717, 1.165) is 5.75 Å². The van der Waals surface area contributed by atoms with Crippen molar-refractivity contribution in [3.8, 4) is 22.8 Å². The Balaban J connectivity index is 1.44. The second kappa shape index (κ2) is 8.43. The second-order valence-corrected chi connectivity index (χ2v) is 7.03. The first-order valence-corrected chi connectivity index (χ1v) is 9.54. The number of ether oxygens (including phenoxy) is 1. The molecule has 0 unspecified atom stereocenters. The molecule has 1 N–H and O–H groups in total. The quantitative estimate of drug-likeness (QED) is 0.366. The summed E-state index contributed by atoms with van der Waals surface area (Å²) in [5.74, 6) is 1.68. The van der Waals surface area contributed by atoms with E-state index >= 15 is 0 Å². The average molecular weight is 424 g/mol. The normalized spacial score (nSPS) is 10.6. The van der Waals surface area contributed by atoms with Gasteiger partial charge in [-0.1, -0.05) is 41.4 Å². The molecule has 144 valence electrons. The number of carbonyl (C=O) groups excluding carboxylic acids is 1. The summed E-state index contributed by atoms with van der Waals surface area (Å²) in [4.78, 5) is 12.5. The molecule has 0 spiro atoms. The third-order valence-corrected chi connectivity index (χ3v) is 4.68. The van der Waals surface area contributed by atoms with Crippen molar-refractivity contribution in [3.05, 3.63) is 101 Å². The number of carbonyl (C=O) groups is 1. The Morgan fingerprint density at radius 3 is 2.31 bits per heavy atom. The highest BCUT2D eigenvalue weighted by Gasteiger charge is 2.14. The van der Waals surface area contributed by atoms with Crippen LogP contribution in [0.5, 0.6) is 11.5 Å². The van der Waals surface area contributed by atoms with E-state index in [9.17, 15) is 4.79 Å². The predicted octanol–water partition coefficient (Wildman–Crippen LogP) is 7.30. The minimum absolute atomic E-state index is 0.167. The molecule has 0 radical (unpaired) electrons. The van der Waals surface area contributed by atoms with Gasteiger partial charge in [-0.05, 0) is 66.7 Å². The fraction of sp³-hybridized carbons (Fsp3) is 0. The van der Waals surface area contributed by atoms with Gasteiger partial charge in [0.05, 0.1) is 5.02 Å². The molecule has 0 bridgehead atoms. The van der Waals surface area contributed by atoms with Crippen molar-refractivity contribution in [2.24, 2.45) is 0 Å². The number of rotatable bonds is 5. The highest BCUT2D eigenvalue weighted by atomic mass is 35.5. The van der Waals surface area contributed by atoms with Gasteiger partial charge in [-0.2, -0.15) is 0 Å². The predicted molar refractivity (Wildman–Crippen MR) is 115 cm³/mol. The molecule has 29 heavy (non-hydrogen) atoms. The zero-order valence-corrected chi connectivity index (χ0v) is 16.6. The summed E-state index contributed by atoms with van der Waals surface area (Å²) in [6, 6.07) is 24.9. The van der Waals surface area contributed by atoms with Gasteiger partial charge < -0.3 is 14.5 Å². The zero-order chi connectivity index (χ0) is 20.2. The zero-order valence-electron chi connectivity index (χ0n) is 15.1. The number of nitrogens with one attached hydrogen (secondary N) is 1. The van der Waals surface area contributed by atoms with E-state index in [1.807, 2.05) is 30.3 Å². The number of amides is 1. The summed E-state index contributed by atoms with van der Waals surface area (Å²) in [6.07, 6.45) is 0. The molecule has 0 aliphatic carbocycles. The van der Waals surface area contributed by atoms with Crippen molar-refractivity contribution in [2.75, 3.05) is 5.32 Å². The molecule has 1 aromatic heterocycles. The molecule has 4 rings (SSSR count). The highest BCUT2D eigenvalue weighted by molar-refractivity contribution is 6.35. The lowest BCUT2D eigenvalue weighted by Gasteiger charge is -2.07. The van der Waals surface area contributed by atoms with Crippen molar-refractivity contribution in [2.45, 2.75) is 0 Å². The van der Waals surface area contributed by atoms with E-state index in [2.05, 4.69) is 5.32 Å². The minimum Gasteiger partial charge on any atom is -0.457 e. The number of hydrogen-bond acceptors (Lipinski definition) is 3. The van der Waals surface area contributed by atoms with Gasteiger partial charge in [0, 0.05) is 16.3 Å². The first kappa shape index (κ1) is 19.1. The van der Waals surface area contributed by atoms with Crippen LogP contribution in [-0.2, 0) is 0 Å². The minimum atomic E-state index is -0.369. The van der Waals surface area contributed by atoms with Crippen LogP contribution in [0.4, 0.5) is 5.69 Å². The molecule has 6 heteroatoms. The van der Waals surface area contributed by atoms with E-state index in [4.69, 9.17) is 32.4 Å². The van der Waals surface area contributed by atoms with E-state index in [0.29, 0.717) is 32.8 Å². The summed E-state index contributed by atoms with van der Waals surface area (Å²) in [7, 11) is 0. The van der Waals surface area contributed by atoms with Crippen molar-refractivity contribution < 1.29 is 13.9 Å². The van der Waals surface area contributed by atoms with Crippen molar-refractivity contribution >= 4 is 34.8 Å². The maximum atomic E-state index is 12.5. The second-order valence-electron chi connectivity index (χ2n) is 6.18. The largest absolute Gasteiger partial charge is 0.457 e. The number of anilines is 1. The summed E-state index contributed by atoms with van der Waals surface area (Å²) in [5, 5.41) is 3.82. The fourth-order valence-corrected chi connectivity index (χ4v) is 3.10. The molecule has 1 amide bonds. The lowest BCUT2D eigenvalue weighted by atomic mass is 10.2. The molecule has 0 saturated carbocycles. The Labute approximate surface area is 177 Å². The van der Waals surface area contributed by atoms with E-state index in [1.165, 1.54) is 0 Å². The third-order valence-electron chi connectivity index (χ3n) is 4.11.